The molecule has 1 aromatic heterocycles. The van der Waals surface area contributed by atoms with Crippen LogP contribution < -0.4 is 4.90 Å². The first-order chi connectivity index (χ1) is 9.49. The second kappa shape index (κ2) is 5.77. The van der Waals surface area contributed by atoms with Crippen molar-refractivity contribution in [3.8, 4) is 0 Å². The molecule has 0 saturated heterocycles. The molecule has 0 saturated carbocycles. The number of aryl methyl sites for hydroxylation is 1. The number of para-hydroxylation sites is 1. The first-order valence-electron chi connectivity index (χ1n) is 5.77. The number of hydrogen-bond acceptors (Lipinski definition) is 3. The monoisotopic (exact) mass is 284 g/mol. The third-order valence-electron chi connectivity index (χ3n) is 2.56. The lowest BCUT2D eigenvalue weighted by molar-refractivity contribution is 0.0935. The molecule has 0 radical (unpaired) electrons. The molecule has 20 heavy (non-hydrogen) atoms. The van der Waals surface area contributed by atoms with Crippen LogP contribution >= 0.6 is 0 Å². The number of hydrogen-bond donors (Lipinski definition) is 0. The van der Waals surface area contributed by atoms with Gasteiger partial charge < -0.3 is 4.52 Å². The standard InChI is InChI=1S/C13H11F3N2O2/c1-8-6-10(17-20-8)13(19)18(7-12(15)16)11-5-3-2-4-9(11)14/h2-6,12H,7H2,1H3. The van der Waals surface area contributed by atoms with Gasteiger partial charge in [-0.15, -0.1) is 0 Å². The molecule has 0 unspecified atom stereocenters. The van der Waals surface area contributed by atoms with Crippen LogP contribution in [0.5, 0.6) is 0 Å². The van der Waals surface area contributed by atoms with Gasteiger partial charge >= 0.3 is 0 Å². The molecule has 4 nitrogen and oxygen atoms in total. The molecule has 0 spiro atoms. The van der Waals surface area contributed by atoms with E-state index in [4.69, 9.17) is 4.52 Å². The van der Waals surface area contributed by atoms with Gasteiger partial charge in [-0.25, -0.2) is 13.2 Å². The van der Waals surface area contributed by atoms with Gasteiger partial charge in [-0.1, -0.05) is 17.3 Å². The number of carbonyl (C=O) groups excluding carboxylic acids is 1. The van der Waals surface area contributed by atoms with Gasteiger partial charge in [0.25, 0.3) is 12.3 Å². The van der Waals surface area contributed by atoms with Gasteiger partial charge in [0.1, 0.15) is 11.6 Å². The molecule has 7 heteroatoms. The zero-order chi connectivity index (χ0) is 14.7. The van der Waals surface area contributed by atoms with E-state index in [9.17, 15) is 18.0 Å². The van der Waals surface area contributed by atoms with Gasteiger partial charge in [0.05, 0.1) is 12.2 Å². The first kappa shape index (κ1) is 14.1. The molecule has 1 heterocycles. The van der Waals surface area contributed by atoms with Crippen LogP contribution in [0, 0.1) is 12.7 Å². The largest absolute Gasteiger partial charge is 0.361 e. The fraction of sp³-hybridized carbons (Fsp3) is 0.231. The highest BCUT2D eigenvalue weighted by Gasteiger charge is 2.25. The van der Waals surface area contributed by atoms with E-state index in [1.165, 1.54) is 24.3 Å². The molecular weight excluding hydrogens is 273 g/mol. The SMILES string of the molecule is Cc1cc(C(=O)N(CC(F)F)c2ccccc2F)no1. The summed E-state index contributed by atoms with van der Waals surface area (Å²) in [7, 11) is 0. The number of anilines is 1. The molecular formula is C13H11F3N2O2. The molecule has 0 atom stereocenters. The minimum Gasteiger partial charge on any atom is -0.361 e. The molecule has 0 fully saturated rings. The summed E-state index contributed by atoms with van der Waals surface area (Å²) in [6.07, 6.45) is -2.80. The van der Waals surface area contributed by atoms with Crippen molar-refractivity contribution in [2.45, 2.75) is 13.3 Å². The number of alkyl halides is 2. The predicted octanol–water partition coefficient (Wildman–Crippen LogP) is 3.03. The van der Waals surface area contributed by atoms with Gasteiger partial charge in [-0.2, -0.15) is 0 Å². The molecule has 1 amide bonds. The number of halogens is 3. The zero-order valence-corrected chi connectivity index (χ0v) is 10.5. The van der Waals surface area contributed by atoms with Crippen molar-refractivity contribution >= 4 is 11.6 Å². The Balaban J connectivity index is 2.38. The average Bonchev–Trinajstić information content (AvgIpc) is 2.82. The Kier molecular flexibility index (Phi) is 4.07. The number of benzene rings is 1. The van der Waals surface area contributed by atoms with Gasteiger partial charge in [-0.3, -0.25) is 9.69 Å². The maximum absolute atomic E-state index is 13.7. The predicted molar refractivity (Wildman–Crippen MR) is 65.3 cm³/mol. The first-order valence-corrected chi connectivity index (χ1v) is 5.77. The van der Waals surface area contributed by atoms with Crippen LogP contribution in [-0.2, 0) is 0 Å². The Hall–Kier alpha value is -2.31. The quantitative estimate of drug-likeness (QED) is 0.867. The van der Waals surface area contributed by atoms with E-state index in [0.717, 1.165) is 6.07 Å². The highest BCUT2D eigenvalue weighted by molar-refractivity contribution is 6.04. The van der Waals surface area contributed by atoms with E-state index in [-0.39, 0.29) is 11.4 Å². The lowest BCUT2D eigenvalue weighted by Crippen LogP contribution is -2.36. The molecule has 106 valence electrons. The summed E-state index contributed by atoms with van der Waals surface area (Å²) in [5, 5.41) is 3.47. The van der Waals surface area contributed by atoms with Crippen molar-refractivity contribution < 1.29 is 22.5 Å². The summed E-state index contributed by atoms with van der Waals surface area (Å²) in [4.78, 5) is 12.8. The van der Waals surface area contributed by atoms with E-state index in [1.807, 2.05) is 0 Å². The summed E-state index contributed by atoms with van der Waals surface area (Å²) in [6, 6.07) is 6.52. The van der Waals surface area contributed by atoms with Crippen molar-refractivity contribution in [2.24, 2.45) is 0 Å². The molecule has 1 aromatic carbocycles. The summed E-state index contributed by atoms with van der Waals surface area (Å²) >= 11 is 0. The highest BCUT2D eigenvalue weighted by atomic mass is 19.3. The van der Waals surface area contributed by atoms with Crippen LogP contribution in [0.25, 0.3) is 0 Å². The number of aromatic nitrogens is 1. The van der Waals surface area contributed by atoms with Crippen LogP contribution in [0.15, 0.2) is 34.9 Å². The molecule has 0 aliphatic carbocycles. The normalized spacial score (nSPS) is 10.8. The minimum atomic E-state index is -2.80. The van der Waals surface area contributed by atoms with Gasteiger partial charge in [-0.05, 0) is 19.1 Å². The zero-order valence-electron chi connectivity index (χ0n) is 10.5. The van der Waals surface area contributed by atoms with E-state index >= 15 is 0 Å². The highest BCUT2D eigenvalue weighted by Crippen LogP contribution is 2.22. The second-order valence-electron chi connectivity index (χ2n) is 4.08. The third kappa shape index (κ3) is 2.98. The Bertz CT molecular complexity index is 613. The number of amides is 1. The maximum atomic E-state index is 13.7. The van der Waals surface area contributed by atoms with Crippen LogP contribution in [-0.4, -0.2) is 24.0 Å². The van der Waals surface area contributed by atoms with Crippen molar-refractivity contribution in [1.82, 2.24) is 5.16 Å². The topological polar surface area (TPSA) is 46.3 Å². The Morgan fingerprint density at radius 2 is 2.10 bits per heavy atom. The fourth-order valence-electron chi connectivity index (χ4n) is 1.70. The molecule has 0 N–H and O–H groups in total. The lowest BCUT2D eigenvalue weighted by Gasteiger charge is -2.21. The van der Waals surface area contributed by atoms with Crippen LogP contribution in [0.2, 0.25) is 0 Å². The molecule has 0 bridgehead atoms. The van der Waals surface area contributed by atoms with E-state index in [1.54, 1.807) is 6.92 Å². The van der Waals surface area contributed by atoms with Crippen LogP contribution in [0.1, 0.15) is 16.2 Å². The number of nitrogens with zero attached hydrogens (tertiary/aromatic N) is 2. The van der Waals surface area contributed by atoms with Gasteiger partial charge in [0, 0.05) is 6.07 Å². The van der Waals surface area contributed by atoms with Gasteiger partial charge in [0.15, 0.2) is 5.69 Å². The lowest BCUT2D eigenvalue weighted by atomic mass is 10.2. The van der Waals surface area contributed by atoms with Crippen LogP contribution in [0.4, 0.5) is 18.9 Å². The van der Waals surface area contributed by atoms with E-state index in [0.29, 0.717) is 10.7 Å². The summed E-state index contributed by atoms with van der Waals surface area (Å²) in [5.41, 5.74) is -0.371. The van der Waals surface area contributed by atoms with E-state index in [2.05, 4.69) is 5.16 Å². The van der Waals surface area contributed by atoms with Crippen molar-refractivity contribution in [1.29, 1.82) is 0 Å². The maximum Gasteiger partial charge on any atom is 0.280 e. The molecule has 2 aromatic rings. The molecule has 0 aliphatic heterocycles. The minimum absolute atomic E-state index is 0.147. The fourth-order valence-corrected chi connectivity index (χ4v) is 1.70. The summed E-state index contributed by atoms with van der Waals surface area (Å²) in [6.45, 7) is 0.635. The summed E-state index contributed by atoms with van der Waals surface area (Å²) in [5.74, 6) is -1.24. The molecule has 0 aliphatic rings. The van der Waals surface area contributed by atoms with Crippen LogP contribution in [0.3, 0.4) is 0 Å². The number of carbonyl (C=O) groups is 1. The Morgan fingerprint density at radius 1 is 1.40 bits per heavy atom. The second-order valence-corrected chi connectivity index (χ2v) is 4.08. The average molecular weight is 284 g/mol. The van der Waals surface area contributed by atoms with Crippen molar-refractivity contribution in [2.75, 3.05) is 11.4 Å². The summed E-state index contributed by atoms with van der Waals surface area (Å²) < 4.78 is 43.7. The van der Waals surface area contributed by atoms with Crippen molar-refractivity contribution in [3.63, 3.8) is 0 Å². The number of rotatable bonds is 4. The Morgan fingerprint density at radius 3 is 2.65 bits per heavy atom. The van der Waals surface area contributed by atoms with Gasteiger partial charge in [0.2, 0.25) is 0 Å². The molecule has 2 rings (SSSR count). The third-order valence-corrected chi connectivity index (χ3v) is 2.56. The van der Waals surface area contributed by atoms with Crippen molar-refractivity contribution in [3.05, 3.63) is 47.6 Å². The Labute approximate surface area is 112 Å². The van der Waals surface area contributed by atoms with E-state index < -0.39 is 24.7 Å². The smallest absolute Gasteiger partial charge is 0.280 e.